The Labute approximate surface area is 95.9 Å². The lowest BCUT2D eigenvalue weighted by Crippen LogP contribution is -2.05. The molecule has 16 heavy (non-hydrogen) atoms. The molecule has 0 atom stereocenters. The molecule has 0 fully saturated rings. The Morgan fingerprint density at radius 2 is 2.06 bits per heavy atom. The molecule has 5 heteroatoms. The van der Waals surface area contributed by atoms with E-state index in [9.17, 15) is 9.18 Å². The second-order valence-electron chi connectivity index (χ2n) is 3.18. The Morgan fingerprint density at radius 1 is 1.25 bits per heavy atom. The zero-order valence-corrected chi connectivity index (χ0v) is 8.88. The molecule has 0 aliphatic rings. The topological polar surface area (TPSA) is 44.9 Å². The number of benzene rings is 1. The highest BCUT2D eigenvalue weighted by Crippen LogP contribution is 2.21. The molecule has 82 valence electrons. The first kappa shape index (κ1) is 10.7. The maximum absolute atomic E-state index is 12.9. The Kier molecular flexibility index (Phi) is 2.92. The zero-order chi connectivity index (χ0) is 11.5. The summed E-state index contributed by atoms with van der Waals surface area (Å²) in [5.74, 6) is 0.0453. The van der Waals surface area contributed by atoms with Crippen LogP contribution in [-0.4, -0.2) is 4.98 Å². The SMILES string of the molecule is O=c1cccc(Nc2ccc(F)c(Cl)c2)[nH]1. The molecule has 1 aromatic heterocycles. The van der Waals surface area contributed by atoms with E-state index in [1.165, 1.54) is 24.3 Å². The second kappa shape index (κ2) is 4.37. The molecule has 2 N–H and O–H groups in total. The van der Waals surface area contributed by atoms with Gasteiger partial charge < -0.3 is 10.3 Å². The van der Waals surface area contributed by atoms with Gasteiger partial charge in [-0.15, -0.1) is 0 Å². The second-order valence-corrected chi connectivity index (χ2v) is 3.59. The minimum Gasteiger partial charge on any atom is -0.342 e. The van der Waals surface area contributed by atoms with Crippen LogP contribution in [0.25, 0.3) is 0 Å². The number of pyridine rings is 1. The van der Waals surface area contributed by atoms with Gasteiger partial charge in [-0.25, -0.2) is 4.39 Å². The molecule has 2 aromatic rings. The van der Waals surface area contributed by atoms with Crippen molar-refractivity contribution in [3.8, 4) is 0 Å². The van der Waals surface area contributed by atoms with E-state index in [1.807, 2.05) is 0 Å². The molecule has 0 aliphatic heterocycles. The van der Waals surface area contributed by atoms with Gasteiger partial charge in [-0.05, 0) is 24.3 Å². The van der Waals surface area contributed by atoms with Gasteiger partial charge in [-0.3, -0.25) is 4.79 Å². The number of halogens is 2. The molecule has 0 unspecified atom stereocenters. The van der Waals surface area contributed by atoms with E-state index in [1.54, 1.807) is 12.1 Å². The normalized spacial score (nSPS) is 10.1. The summed E-state index contributed by atoms with van der Waals surface area (Å²) >= 11 is 5.62. The first-order chi connectivity index (χ1) is 7.65. The predicted octanol–water partition coefficient (Wildman–Crippen LogP) is 2.91. The summed E-state index contributed by atoms with van der Waals surface area (Å²) in [6.45, 7) is 0. The van der Waals surface area contributed by atoms with Crippen molar-refractivity contribution in [2.75, 3.05) is 5.32 Å². The highest BCUT2D eigenvalue weighted by molar-refractivity contribution is 6.31. The molecule has 3 nitrogen and oxygen atoms in total. The molecular weight excluding hydrogens is 231 g/mol. The van der Waals surface area contributed by atoms with E-state index in [0.717, 1.165) is 0 Å². The largest absolute Gasteiger partial charge is 0.342 e. The van der Waals surface area contributed by atoms with E-state index in [4.69, 9.17) is 11.6 Å². The van der Waals surface area contributed by atoms with Crippen molar-refractivity contribution in [3.05, 3.63) is 57.6 Å². The lowest BCUT2D eigenvalue weighted by Gasteiger charge is -2.06. The van der Waals surface area contributed by atoms with Crippen LogP contribution in [0.1, 0.15) is 0 Å². The van der Waals surface area contributed by atoms with Crippen LogP contribution < -0.4 is 10.9 Å². The monoisotopic (exact) mass is 238 g/mol. The number of H-pyrrole nitrogens is 1. The van der Waals surface area contributed by atoms with Crippen LogP contribution in [0.3, 0.4) is 0 Å². The third kappa shape index (κ3) is 2.41. The van der Waals surface area contributed by atoms with Crippen LogP contribution in [-0.2, 0) is 0 Å². The van der Waals surface area contributed by atoms with Crippen molar-refractivity contribution < 1.29 is 4.39 Å². The molecule has 0 aliphatic carbocycles. The van der Waals surface area contributed by atoms with Gasteiger partial charge in [0.2, 0.25) is 5.56 Å². The van der Waals surface area contributed by atoms with Crippen LogP contribution in [0.4, 0.5) is 15.9 Å². The van der Waals surface area contributed by atoms with Crippen LogP contribution >= 0.6 is 11.6 Å². The first-order valence-corrected chi connectivity index (χ1v) is 4.94. The fourth-order valence-electron chi connectivity index (χ4n) is 1.25. The number of rotatable bonds is 2. The van der Waals surface area contributed by atoms with Gasteiger partial charge >= 0.3 is 0 Å². The quantitative estimate of drug-likeness (QED) is 0.845. The highest BCUT2D eigenvalue weighted by Gasteiger charge is 2.01. The van der Waals surface area contributed by atoms with Crippen molar-refractivity contribution in [2.45, 2.75) is 0 Å². The van der Waals surface area contributed by atoms with Crippen molar-refractivity contribution in [1.29, 1.82) is 0 Å². The smallest absolute Gasteiger partial charge is 0.249 e. The minimum absolute atomic E-state index is 0.0308. The lowest BCUT2D eigenvalue weighted by molar-refractivity contribution is 0.628. The van der Waals surface area contributed by atoms with Gasteiger partial charge in [-0.2, -0.15) is 0 Å². The van der Waals surface area contributed by atoms with E-state index >= 15 is 0 Å². The van der Waals surface area contributed by atoms with Gasteiger partial charge in [0, 0.05) is 11.8 Å². The molecule has 0 bridgehead atoms. The molecule has 1 aromatic carbocycles. The van der Waals surface area contributed by atoms with E-state index in [0.29, 0.717) is 11.5 Å². The molecule has 0 amide bonds. The summed E-state index contributed by atoms with van der Waals surface area (Å²) in [6, 6.07) is 8.95. The fourth-order valence-corrected chi connectivity index (χ4v) is 1.43. The average molecular weight is 239 g/mol. The fraction of sp³-hybridized carbons (Fsp3) is 0. The molecule has 0 saturated heterocycles. The number of hydrogen-bond donors (Lipinski definition) is 2. The number of anilines is 2. The Morgan fingerprint density at radius 3 is 2.75 bits per heavy atom. The average Bonchev–Trinajstić information content (AvgIpc) is 2.24. The summed E-state index contributed by atoms with van der Waals surface area (Å²) in [6.07, 6.45) is 0. The van der Waals surface area contributed by atoms with Gasteiger partial charge in [0.15, 0.2) is 0 Å². The summed E-state index contributed by atoms with van der Waals surface area (Å²) in [4.78, 5) is 13.6. The van der Waals surface area contributed by atoms with Crippen LogP contribution in [0, 0.1) is 5.82 Å². The van der Waals surface area contributed by atoms with Crippen LogP contribution in [0.2, 0.25) is 5.02 Å². The lowest BCUT2D eigenvalue weighted by atomic mass is 10.3. The third-order valence-corrected chi connectivity index (χ3v) is 2.26. The summed E-state index contributed by atoms with van der Waals surface area (Å²) < 4.78 is 12.9. The summed E-state index contributed by atoms with van der Waals surface area (Å²) in [7, 11) is 0. The maximum Gasteiger partial charge on any atom is 0.249 e. The molecule has 1 heterocycles. The number of aromatic amines is 1. The van der Waals surface area contributed by atoms with E-state index in [2.05, 4.69) is 10.3 Å². The van der Waals surface area contributed by atoms with Gasteiger partial charge in [-0.1, -0.05) is 17.7 Å². The Balaban J connectivity index is 2.27. The summed E-state index contributed by atoms with van der Waals surface area (Å²) in [5, 5.41) is 2.94. The van der Waals surface area contributed by atoms with Gasteiger partial charge in [0.25, 0.3) is 0 Å². The predicted molar refractivity (Wildman–Crippen MR) is 61.8 cm³/mol. The molecule has 0 saturated carbocycles. The van der Waals surface area contributed by atoms with Gasteiger partial charge in [0.1, 0.15) is 11.6 Å². The molecule has 2 rings (SSSR count). The van der Waals surface area contributed by atoms with Crippen LogP contribution in [0.5, 0.6) is 0 Å². The van der Waals surface area contributed by atoms with Crippen LogP contribution in [0.15, 0.2) is 41.2 Å². The maximum atomic E-state index is 12.9. The molecular formula is C11H8ClFN2O. The third-order valence-electron chi connectivity index (χ3n) is 1.97. The molecule has 0 spiro atoms. The van der Waals surface area contributed by atoms with E-state index in [-0.39, 0.29) is 10.6 Å². The van der Waals surface area contributed by atoms with Crippen molar-refractivity contribution in [1.82, 2.24) is 4.98 Å². The minimum atomic E-state index is -0.478. The Bertz CT molecular complexity index is 568. The van der Waals surface area contributed by atoms with E-state index < -0.39 is 5.82 Å². The van der Waals surface area contributed by atoms with Crippen molar-refractivity contribution in [2.24, 2.45) is 0 Å². The number of nitrogens with one attached hydrogen (secondary N) is 2. The zero-order valence-electron chi connectivity index (χ0n) is 8.13. The highest BCUT2D eigenvalue weighted by atomic mass is 35.5. The van der Waals surface area contributed by atoms with Crippen molar-refractivity contribution in [3.63, 3.8) is 0 Å². The standard InChI is InChI=1S/C11H8ClFN2O/c12-8-6-7(4-5-9(8)13)14-10-2-1-3-11(16)15-10/h1-6H,(H2,14,15,16). The summed E-state index contributed by atoms with van der Waals surface area (Å²) in [5.41, 5.74) is 0.395. The van der Waals surface area contributed by atoms with Gasteiger partial charge in [0.05, 0.1) is 5.02 Å². The number of aromatic nitrogens is 1. The molecule has 0 radical (unpaired) electrons. The van der Waals surface area contributed by atoms with Crippen molar-refractivity contribution >= 4 is 23.1 Å². The number of hydrogen-bond acceptors (Lipinski definition) is 2. The Hall–Kier alpha value is -1.81. The first-order valence-electron chi connectivity index (χ1n) is 4.56.